The van der Waals surface area contributed by atoms with Gasteiger partial charge in [-0.25, -0.2) is 0 Å². The average molecular weight is 258 g/mol. The van der Waals surface area contributed by atoms with E-state index in [1.807, 2.05) is 24.3 Å². The fourth-order valence-corrected chi connectivity index (χ4v) is 1.95. The maximum Gasteiger partial charge on any atom is 0.227 e. The number of rotatable bonds is 4. The van der Waals surface area contributed by atoms with Crippen LogP contribution >= 0.6 is 0 Å². The summed E-state index contributed by atoms with van der Waals surface area (Å²) in [6.45, 7) is 1.74. The van der Waals surface area contributed by atoms with Crippen LogP contribution in [0.3, 0.4) is 0 Å². The maximum absolute atomic E-state index is 9.24. The summed E-state index contributed by atoms with van der Waals surface area (Å²) in [6.07, 6.45) is 2.44. The zero-order valence-corrected chi connectivity index (χ0v) is 10.5. The van der Waals surface area contributed by atoms with Gasteiger partial charge in [0.2, 0.25) is 11.7 Å². The van der Waals surface area contributed by atoms with Gasteiger partial charge in [-0.1, -0.05) is 23.4 Å². The van der Waals surface area contributed by atoms with Crippen LogP contribution in [0.25, 0.3) is 22.4 Å². The van der Waals surface area contributed by atoms with Gasteiger partial charge in [0.25, 0.3) is 0 Å². The number of aromatic nitrogens is 2. The minimum absolute atomic E-state index is 0.370. The van der Waals surface area contributed by atoms with Crippen molar-refractivity contribution < 1.29 is 14.0 Å². The van der Waals surface area contributed by atoms with Gasteiger partial charge in [0.05, 0.1) is 11.7 Å². The molecule has 0 saturated heterocycles. The second-order valence-corrected chi connectivity index (χ2v) is 4.54. The van der Waals surface area contributed by atoms with Crippen molar-refractivity contribution in [2.45, 2.75) is 25.9 Å². The number of para-hydroxylation sites is 1. The molecule has 5 nitrogen and oxygen atoms in total. The number of fused-ring (bicyclic) bond motifs is 1. The largest absolute Gasteiger partial charge is 0.464 e. The first-order chi connectivity index (χ1) is 9.24. The zero-order chi connectivity index (χ0) is 13.2. The second-order valence-electron chi connectivity index (χ2n) is 4.54. The molecule has 3 aromatic rings. The van der Waals surface area contributed by atoms with Crippen molar-refractivity contribution in [1.82, 2.24) is 10.1 Å². The fraction of sp³-hybridized carbons (Fsp3) is 0.286. The first-order valence-electron chi connectivity index (χ1n) is 6.21. The lowest BCUT2D eigenvalue weighted by Gasteiger charge is -1.98. The van der Waals surface area contributed by atoms with Gasteiger partial charge >= 0.3 is 0 Å². The van der Waals surface area contributed by atoms with Gasteiger partial charge < -0.3 is 14.0 Å². The number of nitrogens with zero attached hydrogens (tertiary/aromatic N) is 2. The number of hydrogen-bond donors (Lipinski definition) is 1. The van der Waals surface area contributed by atoms with E-state index in [-0.39, 0.29) is 6.10 Å². The number of aryl methyl sites for hydroxylation is 1. The van der Waals surface area contributed by atoms with E-state index in [2.05, 4.69) is 10.1 Å². The lowest BCUT2D eigenvalue weighted by atomic mass is 10.2. The molecule has 5 heteroatoms. The molecule has 0 aliphatic rings. The Kier molecular flexibility index (Phi) is 3.05. The highest BCUT2D eigenvalue weighted by atomic mass is 16.5. The van der Waals surface area contributed by atoms with Gasteiger partial charge in [0.1, 0.15) is 11.8 Å². The van der Waals surface area contributed by atoms with Crippen molar-refractivity contribution in [2.24, 2.45) is 0 Å². The van der Waals surface area contributed by atoms with Crippen molar-refractivity contribution >= 4 is 11.0 Å². The highest BCUT2D eigenvalue weighted by Gasteiger charge is 2.14. The lowest BCUT2D eigenvalue weighted by Crippen LogP contribution is -2.01. The smallest absolute Gasteiger partial charge is 0.227 e. The van der Waals surface area contributed by atoms with E-state index in [4.69, 9.17) is 8.94 Å². The Morgan fingerprint density at radius 3 is 3.00 bits per heavy atom. The van der Waals surface area contributed by atoms with Crippen molar-refractivity contribution in [3.63, 3.8) is 0 Å². The van der Waals surface area contributed by atoms with Gasteiger partial charge in [0.15, 0.2) is 0 Å². The normalized spacial score (nSPS) is 12.9. The second kappa shape index (κ2) is 4.85. The summed E-state index contributed by atoms with van der Waals surface area (Å²) in [5.74, 6) is 1.05. The van der Waals surface area contributed by atoms with Gasteiger partial charge in [0, 0.05) is 11.8 Å². The van der Waals surface area contributed by atoms with Crippen molar-refractivity contribution in [1.29, 1.82) is 0 Å². The summed E-state index contributed by atoms with van der Waals surface area (Å²) in [7, 11) is 0. The fourth-order valence-electron chi connectivity index (χ4n) is 1.95. The minimum atomic E-state index is -0.370. The van der Waals surface area contributed by atoms with Crippen LogP contribution in [-0.2, 0) is 6.42 Å². The summed E-state index contributed by atoms with van der Waals surface area (Å²) in [5.41, 5.74) is 1.62. The maximum atomic E-state index is 9.24. The molecular weight excluding hydrogens is 244 g/mol. The third-order valence-corrected chi connectivity index (χ3v) is 2.97. The molecule has 0 saturated carbocycles. The summed E-state index contributed by atoms with van der Waals surface area (Å²) in [4.78, 5) is 4.33. The van der Waals surface area contributed by atoms with Crippen LogP contribution in [0.1, 0.15) is 19.2 Å². The average Bonchev–Trinajstić information content (AvgIpc) is 3.02. The molecule has 0 aliphatic heterocycles. The van der Waals surface area contributed by atoms with Crippen molar-refractivity contribution in [3.05, 3.63) is 36.4 Å². The molecule has 0 amide bonds. The van der Waals surface area contributed by atoms with Crippen LogP contribution in [0.5, 0.6) is 0 Å². The predicted octanol–water partition coefficient (Wildman–Crippen LogP) is 2.80. The van der Waals surface area contributed by atoms with E-state index in [1.54, 1.807) is 13.2 Å². The van der Waals surface area contributed by atoms with E-state index in [1.165, 1.54) is 0 Å². The molecule has 0 bridgehead atoms. The van der Waals surface area contributed by atoms with Crippen LogP contribution in [0.15, 0.2) is 39.5 Å². The van der Waals surface area contributed by atoms with Crippen molar-refractivity contribution in [2.75, 3.05) is 0 Å². The van der Waals surface area contributed by atoms with Crippen LogP contribution in [-0.4, -0.2) is 21.4 Å². The molecule has 0 spiro atoms. The predicted molar refractivity (Wildman–Crippen MR) is 69.5 cm³/mol. The van der Waals surface area contributed by atoms with Gasteiger partial charge in [-0.3, -0.25) is 0 Å². The standard InChI is InChI=1S/C14H14N2O3/c1-9(17)6-7-13-15-14(16-19-13)11-8-18-12-5-3-2-4-10(11)12/h2-5,8-9,17H,6-7H2,1H3. The lowest BCUT2D eigenvalue weighted by molar-refractivity contribution is 0.180. The Bertz CT molecular complexity index is 685. The number of benzene rings is 1. The number of furan rings is 1. The quantitative estimate of drug-likeness (QED) is 0.779. The Morgan fingerprint density at radius 2 is 2.16 bits per heavy atom. The van der Waals surface area contributed by atoms with E-state index in [0.29, 0.717) is 24.6 Å². The molecule has 0 aliphatic carbocycles. The first-order valence-corrected chi connectivity index (χ1v) is 6.21. The molecule has 3 rings (SSSR count). The van der Waals surface area contributed by atoms with E-state index in [0.717, 1.165) is 16.5 Å². The molecule has 1 N–H and O–H groups in total. The summed E-state index contributed by atoms with van der Waals surface area (Å²) < 4.78 is 10.6. The van der Waals surface area contributed by atoms with Crippen LogP contribution < -0.4 is 0 Å². The highest BCUT2D eigenvalue weighted by Crippen LogP contribution is 2.28. The molecule has 0 fully saturated rings. The molecule has 2 aromatic heterocycles. The number of hydrogen-bond acceptors (Lipinski definition) is 5. The first kappa shape index (κ1) is 11.9. The van der Waals surface area contributed by atoms with Gasteiger partial charge in [-0.15, -0.1) is 0 Å². The van der Waals surface area contributed by atoms with Crippen molar-refractivity contribution in [3.8, 4) is 11.4 Å². The van der Waals surface area contributed by atoms with Gasteiger partial charge in [-0.05, 0) is 19.4 Å². The molecule has 1 atom stereocenters. The minimum Gasteiger partial charge on any atom is -0.464 e. The molecule has 98 valence electrons. The van der Waals surface area contributed by atoms with Crippen LogP contribution in [0.4, 0.5) is 0 Å². The third-order valence-electron chi connectivity index (χ3n) is 2.97. The summed E-state index contributed by atoms with van der Waals surface area (Å²) in [5, 5.41) is 14.2. The zero-order valence-electron chi connectivity index (χ0n) is 10.5. The summed E-state index contributed by atoms with van der Waals surface area (Å²) >= 11 is 0. The molecule has 2 heterocycles. The van der Waals surface area contributed by atoms with E-state index >= 15 is 0 Å². The van der Waals surface area contributed by atoms with E-state index in [9.17, 15) is 5.11 Å². The highest BCUT2D eigenvalue weighted by molar-refractivity contribution is 5.91. The number of aliphatic hydroxyl groups excluding tert-OH is 1. The van der Waals surface area contributed by atoms with Crippen LogP contribution in [0.2, 0.25) is 0 Å². The Labute approximate surface area is 109 Å². The topological polar surface area (TPSA) is 72.3 Å². The summed E-state index contributed by atoms with van der Waals surface area (Å²) in [6, 6.07) is 7.71. The molecule has 1 aromatic carbocycles. The van der Waals surface area contributed by atoms with Crippen LogP contribution in [0, 0.1) is 0 Å². The Balaban J connectivity index is 1.90. The van der Waals surface area contributed by atoms with E-state index < -0.39 is 0 Å². The Hall–Kier alpha value is -2.14. The SMILES string of the molecule is CC(O)CCc1nc(-c2coc3ccccc23)no1. The third kappa shape index (κ3) is 2.37. The van der Waals surface area contributed by atoms with Gasteiger partial charge in [-0.2, -0.15) is 4.98 Å². The molecular formula is C14H14N2O3. The molecule has 0 radical (unpaired) electrons. The molecule has 1 unspecified atom stereocenters. The molecule has 19 heavy (non-hydrogen) atoms. The Morgan fingerprint density at radius 1 is 1.32 bits per heavy atom. The monoisotopic (exact) mass is 258 g/mol. The number of aliphatic hydroxyl groups is 1.